The Bertz CT molecular complexity index is 700. The van der Waals surface area contributed by atoms with Crippen molar-refractivity contribution in [3.8, 4) is 0 Å². The van der Waals surface area contributed by atoms with Gasteiger partial charge in [0.05, 0.1) is 16.8 Å². The van der Waals surface area contributed by atoms with Crippen LogP contribution in [0.25, 0.3) is 5.57 Å². The van der Waals surface area contributed by atoms with Gasteiger partial charge >= 0.3 is 0 Å². The molecule has 0 amide bonds. The molecule has 0 saturated carbocycles. The summed E-state index contributed by atoms with van der Waals surface area (Å²) in [5, 5.41) is 5.73. The van der Waals surface area contributed by atoms with Crippen molar-refractivity contribution in [3.63, 3.8) is 0 Å². The Labute approximate surface area is 149 Å². The molecule has 0 radical (unpaired) electrons. The van der Waals surface area contributed by atoms with Crippen molar-refractivity contribution in [2.75, 3.05) is 0 Å². The van der Waals surface area contributed by atoms with E-state index >= 15 is 0 Å². The number of aryl methyl sites for hydroxylation is 1. The van der Waals surface area contributed by atoms with Crippen LogP contribution in [0.2, 0.25) is 0 Å². The molecule has 2 aliphatic rings. The lowest BCUT2D eigenvalue weighted by Gasteiger charge is -2.20. The smallest absolute Gasteiger partial charge is 0.0775 e. The minimum Gasteiger partial charge on any atom is -0.267 e. The molecular formula is C17H18BrClN2S. The van der Waals surface area contributed by atoms with Gasteiger partial charge in [-0.25, -0.2) is 0 Å². The van der Waals surface area contributed by atoms with E-state index in [0.29, 0.717) is 11.2 Å². The topological polar surface area (TPSA) is 17.8 Å². The van der Waals surface area contributed by atoms with E-state index in [-0.39, 0.29) is 0 Å². The molecule has 2 nitrogen and oxygen atoms in total. The summed E-state index contributed by atoms with van der Waals surface area (Å²) in [5.41, 5.74) is 2.59. The third-order valence-electron chi connectivity index (χ3n) is 3.94. The lowest BCUT2D eigenvalue weighted by Crippen LogP contribution is -2.07. The van der Waals surface area contributed by atoms with E-state index in [9.17, 15) is 0 Å². The zero-order valence-electron chi connectivity index (χ0n) is 12.6. The minimum absolute atomic E-state index is 0.425. The summed E-state index contributed by atoms with van der Waals surface area (Å²) in [6.07, 6.45) is 14.6. The number of aromatic nitrogens is 2. The predicted octanol–water partition coefficient (Wildman–Crippen LogP) is 5.67. The van der Waals surface area contributed by atoms with Crippen molar-refractivity contribution < 1.29 is 0 Å². The number of halogens is 2. The van der Waals surface area contributed by atoms with Crippen LogP contribution in [0, 0.1) is 5.92 Å². The lowest BCUT2D eigenvalue weighted by molar-refractivity contribution is 0.709. The molecule has 2 unspecified atom stereocenters. The van der Waals surface area contributed by atoms with Crippen molar-refractivity contribution >= 4 is 44.9 Å². The zero-order valence-corrected chi connectivity index (χ0v) is 15.8. The predicted molar refractivity (Wildman–Crippen MR) is 99.3 cm³/mol. The SMILES string of the molecule is CC1CC(c2c(SC3C=CC(Cl)=CC3)cnn2C)=CC=C1Br. The van der Waals surface area contributed by atoms with Crippen LogP contribution < -0.4 is 0 Å². The number of rotatable bonds is 3. The van der Waals surface area contributed by atoms with Crippen LogP contribution in [0.1, 0.15) is 25.5 Å². The molecule has 0 aromatic carbocycles. The highest BCUT2D eigenvalue weighted by Crippen LogP contribution is 2.39. The normalized spacial score (nSPS) is 24.8. The van der Waals surface area contributed by atoms with Gasteiger partial charge in [-0.15, -0.1) is 11.8 Å². The van der Waals surface area contributed by atoms with Gasteiger partial charge in [0, 0.05) is 17.3 Å². The van der Waals surface area contributed by atoms with Crippen molar-refractivity contribution in [2.24, 2.45) is 13.0 Å². The van der Waals surface area contributed by atoms with Gasteiger partial charge in [-0.05, 0) is 34.9 Å². The molecule has 2 atom stereocenters. The summed E-state index contributed by atoms with van der Waals surface area (Å²) < 4.78 is 3.26. The molecule has 2 aliphatic carbocycles. The molecule has 1 aromatic rings. The van der Waals surface area contributed by atoms with Gasteiger partial charge in [-0.3, -0.25) is 4.68 Å². The molecule has 0 aliphatic heterocycles. The van der Waals surface area contributed by atoms with Gasteiger partial charge in [-0.2, -0.15) is 5.10 Å². The molecule has 0 bridgehead atoms. The first kappa shape index (κ1) is 16.2. The molecule has 3 rings (SSSR count). The van der Waals surface area contributed by atoms with Crippen LogP contribution in [0.5, 0.6) is 0 Å². The molecule has 1 heterocycles. The minimum atomic E-state index is 0.425. The van der Waals surface area contributed by atoms with Crippen LogP contribution >= 0.6 is 39.3 Å². The number of allylic oxidation sites excluding steroid dienone is 7. The number of hydrogen-bond acceptors (Lipinski definition) is 2. The summed E-state index contributed by atoms with van der Waals surface area (Å²) in [5.74, 6) is 0.518. The van der Waals surface area contributed by atoms with Gasteiger partial charge in [0.2, 0.25) is 0 Å². The summed E-state index contributed by atoms with van der Waals surface area (Å²) in [7, 11) is 2.02. The highest BCUT2D eigenvalue weighted by Gasteiger charge is 2.21. The Kier molecular flexibility index (Phi) is 5.00. The quantitative estimate of drug-likeness (QED) is 0.654. The summed E-state index contributed by atoms with van der Waals surface area (Å²) >= 11 is 11.5. The highest BCUT2D eigenvalue weighted by molar-refractivity contribution is 9.11. The molecule has 0 saturated heterocycles. The fourth-order valence-electron chi connectivity index (χ4n) is 2.71. The van der Waals surface area contributed by atoms with Gasteiger partial charge in [0.25, 0.3) is 0 Å². The molecule has 0 spiro atoms. The van der Waals surface area contributed by atoms with Crippen LogP contribution in [0.3, 0.4) is 0 Å². The van der Waals surface area contributed by atoms with Crippen LogP contribution in [0.4, 0.5) is 0 Å². The largest absolute Gasteiger partial charge is 0.267 e. The lowest BCUT2D eigenvalue weighted by atomic mass is 9.94. The zero-order chi connectivity index (χ0) is 15.7. The maximum atomic E-state index is 6.00. The van der Waals surface area contributed by atoms with E-state index in [1.54, 1.807) is 0 Å². The van der Waals surface area contributed by atoms with Crippen molar-refractivity contribution in [3.05, 3.63) is 51.8 Å². The van der Waals surface area contributed by atoms with E-state index in [2.05, 4.69) is 52.3 Å². The van der Waals surface area contributed by atoms with Gasteiger partial charge < -0.3 is 0 Å². The number of hydrogen-bond donors (Lipinski definition) is 0. The van der Waals surface area contributed by atoms with Gasteiger partial charge in [-0.1, -0.05) is 58.8 Å². The van der Waals surface area contributed by atoms with Crippen molar-refractivity contribution in [1.29, 1.82) is 0 Å². The summed E-state index contributed by atoms with van der Waals surface area (Å²) in [6.45, 7) is 2.24. The van der Waals surface area contributed by atoms with E-state index < -0.39 is 0 Å². The molecule has 22 heavy (non-hydrogen) atoms. The standard InChI is InChI=1S/C17H18BrClN2S/c1-11-9-12(3-8-15(11)18)17-16(10-20-21(17)2)22-14-6-4-13(19)5-7-14/h3-6,8,10-11,14H,7,9H2,1-2H3. The second-order valence-electron chi connectivity index (χ2n) is 5.67. The van der Waals surface area contributed by atoms with E-state index in [1.807, 2.05) is 35.8 Å². The Balaban J connectivity index is 1.84. The van der Waals surface area contributed by atoms with Crippen LogP contribution in [-0.2, 0) is 7.05 Å². The second kappa shape index (κ2) is 6.81. The fourth-order valence-corrected chi connectivity index (χ4v) is 4.32. The Morgan fingerprint density at radius 3 is 2.91 bits per heavy atom. The van der Waals surface area contributed by atoms with Crippen molar-refractivity contribution in [1.82, 2.24) is 9.78 Å². The third-order valence-corrected chi connectivity index (χ3v) is 6.47. The van der Waals surface area contributed by atoms with Crippen LogP contribution in [-0.4, -0.2) is 15.0 Å². The first-order valence-corrected chi connectivity index (χ1v) is 9.39. The molecular weight excluding hydrogens is 380 g/mol. The number of thioether (sulfide) groups is 1. The first-order chi connectivity index (χ1) is 10.5. The van der Waals surface area contributed by atoms with E-state index in [0.717, 1.165) is 17.9 Å². The maximum absolute atomic E-state index is 6.00. The Morgan fingerprint density at radius 1 is 1.41 bits per heavy atom. The summed E-state index contributed by atoms with van der Waals surface area (Å²) in [6, 6.07) is 0. The summed E-state index contributed by atoms with van der Waals surface area (Å²) in [4.78, 5) is 1.24. The van der Waals surface area contributed by atoms with Gasteiger partial charge in [0.15, 0.2) is 0 Å². The van der Waals surface area contributed by atoms with Crippen molar-refractivity contribution in [2.45, 2.75) is 29.9 Å². The molecule has 0 N–H and O–H groups in total. The monoisotopic (exact) mass is 396 g/mol. The first-order valence-electron chi connectivity index (χ1n) is 7.33. The average Bonchev–Trinajstić information content (AvgIpc) is 2.85. The molecule has 116 valence electrons. The fraction of sp³-hybridized carbons (Fsp3) is 0.353. The Hall–Kier alpha value is -0.710. The molecule has 0 fully saturated rings. The van der Waals surface area contributed by atoms with Gasteiger partial charge in [0.1, 0.15) is 0 Å². The maximum Gasteiger partial charge on any atom is 0.0775 e. The Morgan fingerprint density at radius 2 is 2.23 bits per heavy atom. The second-order valence-corrected chi connectivity index (χ2v) is 8.30. The van der Waals surface area contributed by atoms with E-state index in [4.69, 9.17) is 11.6 Å². The number of nitrogens with zero attached hydrogens (tertiary/aromatic N) is 2. The highest BCUT2D eigenvalue weighted by atomic mass is 79.9. The van der Waals surface area contributed by atoms with Crippen LogP contribution in [0.15, 0.2) is 51.0 Å². The molecule has 5 heteroatoms. The molecule has 1 aromatic heterocycles. The average molecular weight is 398 g/mol. The van der Waals surface area contributed by atoms with E-state index in [1.165, 1.54) is 20.6 Å². The third kappa shape index (κ3) is 3.44.